The van der Waals surface area contributed by atoms with Gasteiger partial charge in [-0.1, -0.05) is 27.0 Å². The first kappa shape index (κ1) is 9.69. The molecule has 0 radical (unpaired) electrons. The Morgan fingerprint density at radius 1 is 1.45 bits per heavy atom. The van der Waals surface area contributed by atoms with Crippen molar-refractivity contribution < 1.29 is 0 Å². The molecule has 0 amide bonds. The minimum Gasteiger partial charge on any atom is -0.242 e. The number of rotatable bonds is 2. The molecule has 0 saturated carbocycles. The lowest BCUT2D eigenvalue weighted by Gasteiger charge is -1.91. The van der Waals surface area contributed by atoms with E-state index in [1.165, 1.54) is 0 Å². The van der Waals surface area contributed by atoms with Crippen molar-refractivity contribution in [1.82, 2.24) is 9.78 Å². The van der Waals surface area contributed by atoms with Crippen LogP contribution in [0.4, 0.5) is 0 Å². The molecule has 0 unspecified atom stereocenters. The van der Waals surface area contributed by atoms with Crippen LogP contribution in [-0.2, 0) is 0 Å². The highest BCUT2D eigenvalue weighted by Gasteiger charge is 1.89. The molecule has 0 spiro atoms. The Hall–Kier alpha value is -1.31. The highest BCUT2D eigenvalue weighted by Crippen LogP contribution is 1.98. The Kier molecular flexibility index (Phi) is 4.82. The molecule has 0 aliphatic heterocycles. The molecule has 0 fully saturated rings. The molecule has 2 heteroatoms. The molecule has 0 bridgehead atoms. The van der Waals surface area contributed by atoms with Crippen LogP contribution in [0, 0.1) is 0 Å². The highest BCUT2D eigenvalue weighted by molar-refractivity contribution is 5.44. The fourth-order valence-corrected chi connectivity index (χ4v) is 0.639. The van der Waals surface area contributed by atoms with E-state index in [4.69, 9.17) is 0 Å². The van der Waals surface area contributed by atoms with Crippen molar-refractivity contribution in [2.75, 3.05) is 0 Å². The highest BCUT2D eigenvalue weighted by atomic mass is 15.3. The van der Waals surface area contributed by atoms with E-state index in [0.717, 1.165) is 5.69 Å². The van der Waals surface area contributed by atoms with Gasteiger partial charge in [0.25, 0.3) is 0 Å². The molecular formula is C9H14N2. The Labute approximate surface area is 67.9 Å². The predicted molar refractivity (Wildman–Crippen MR) is 50.1 cm³/mol. The number of nitrogens with zero attached hydrogens (tertiary/aromatic N) is 2. The maximum absolute atomic E-state index is 3.93. The summed E-state index contributed by atoms with van der Waals surface area (Å²) in [5.41, 5.74) is 0.963. The van der Waals surface area contributed by atoms with Crippen molar-refractivity contribution in [1.29, 1.82) is 0 Å². The van der Waals surface area contributed by atoms with Crippen LogP contribution in [-0.4, -0.2) is 9.78 Å². The van der Waals surface area contributed by atoms with Crippen LogP contribution in [0.2, 0.25) is 0 Å². The molecule has 1 heterocycles. The van der Waals surface area contributed by atoms with Crippen molar-refractivity contribution in [3.8, 4) is 0 Å². The van der Waals surface area contributed by atoms with Gasteiger partial charge in [0.05, 0.1) is 5.69 Å². The van der Waals surface area contributed by atoms with Gasteiger partial charge in [-0.15, -0.1) is 0 Å². The second kappa shape index (κ2) is 5.47. The van der Waals surface area contributed by atoms with E-state index in [-0.39, 0.29) is 0 Å². The molecule has 2 nitrogen and oxygen atoms in total. The Morgan fingerprint density at radius 2 is 2.09 bits per heavy atom. The van der Waals surface area contributed by atoms with Gasteiger partial charge < -0.3 is 0 Å². The summed E-state index contributed by atoms with van der Waals surface area (Å²) in [6.45, 7) is 11.2. The molecule has 60 valence electrons. The van der Waals surface area contributed by atoms with E-state index in [2.05, 4.69) is 18.3 Å². The summed E-state index contributed by atoms with van der Waals surface area (Å²) in [5, 5.41) is 3.93. The van der Waals surface area contributed by atoms with Crippen molar-refractivity contribution in [2.45, 2.75) is 13.8 Å². The quantitative estimate of drug-likeness (QED) is 0.633. The average molecular weight is 150 g/mol. The zero-order valence-corrected chi connectivity index (χ0v) is 7.12. The van der Waals surface area contributed by atoms with Crippen LogP contribution in [0.25, 0.3) is 12.3 Å². The monoisotopic (exact) mass is 150 g/mol. The molecule has 1 aromatic rings. The van der Waals surface area contributed by atoms with E-state index >= 15 is 0 Å². The van der Waals surface area contributed by atoms with Crippen LogP contribution in [0.5, 0.6) is 0 Å². The van der Waals surface area contributed by atoms with Gasteiger partial charge in [0.15, 0.2) is 0 Å². The summed E-state index contributed by atoms with van der Waals surface area (Å²) < 4.78 is 1.66. The summed E-state index contributed by atoms with van der Waals surface area (Å²) in [5.74, 6) is 0. The van der Waals surface area contributed by atoms with E-state index in [1.807, 2.05) is 19.9 Å². The van der Waals surface area contributed by atoms with Gasteiger partial charge in [0.2, 0.25) is 0 Å². The summed E-state index contributed by atoms with van der Waals surface area (Å²) in [4.78, 5) is 0. The Bertz CT molecular complexity index is 201. The van der Waals surface area contributed by atoms with E-state index in [0.29, 0.717) is 0 Å². The molecule has 1 rings (SSSR count). The van der Waals surface area contributed by atoms with Gasteiger partial charge >= 0.3 is 0 Å². The van der Waals surface area contributed by atoms with E-state index < -0.39 is 0 Å². The molecule has 0 saturated heterocycles. The van der Waals surface area contributed by atoms with Gasteiger partial charge in [0.1, 0.15) is 0 Å². The van der Waals surface area contributed by atoms with Crippen LogP contribution in [0.1, 0.15) is 19.5 Å². The molecular weight excluding hydrogens is 136 g/mol. The molecule has 0 N–H and O–H groups in total. The lowest BCUT2D eigenvalue weighted by Crippen LogP contribution is -1.88. The fourth-order valence-electron chi connectivity index (χ4n) is 0.639. The zero-order chi connectivity index (χ0) is 8.69. The molecule has 11 heavy (non-hydrogen) atoms. The van der Waals surface area contributed by atoms with Gasteiger partial charge in [0, 0.05) is 12.4 Å². The minimum absolute atomic E-state index is 0.963. The second-order valence-corrected chi connectivity index (χ2v) is 1.59. The largest absolute Gasteiger partial charge is 0.242 e. The third kappa shape index (κ3) is 2.42. The number of aromatic nitrogens is 2. The van der Waals surface area contributed by atoms with Crippen molar-refractivity contribution in [3.05, 3.63) is 31.1 Å². The van der Waals surface area contributed by atoms with E-state index in [9.17, 15) is 0 Å². The smallest absolute Gasteiger partial charge is 0.0655 e. The average Bonchev–Trinajstić information content (AvgIpc) is 2.54. The SMILES string of the molecule is C=Cc1ccnn1C=C.CC. The second-order valence-electron chi connectivity index (χ2n) is 1.59. The summed E-state index contributed by atoms with van der Waals surface area (Å²) in [6, 6.07) is 1.87. The van der Waals surface area contributed by atoms with Gasteiger partial charge in [-0.25, -0.2) is 4.68 Å². The molecule has 0 aliphatic carbocycles. The summed E-state index contributed by atoms with van der Waals surface area (Å²) >= 11 is 0. The lowest BCUT2D eigenvalue weighted by molar-refractivity contribution is 0.927. The third-order valence-electron chi connectivity index (χ3n) is 1.08. The maximum atomic E-state index is 3.93. The standard InChI is InChI=1S/C7H8N2.C2H6/c1-3-7-5-6-8-9(7)4-2;1-2/h3-6H,1-2H2;1-2H3. The predicted octanol–water partition coefficient (Wildman–Crippen LogP) is 2.65. The van der Waals surface area contributed by atoms with Crippen LogP contribution < -0.4 is 0 Å². The number of hydrogen-bond acceptors (Lipinski definition) is 1. The van der Waals surface area contributed by atoms with Crippen LogP contribution in [0.3, 0.4) is 0 Å². The number of hydrogen-bond donors (Lipinski definition) is 0. The minimum atomic E-state index is 0.963. The van der Waals surface area contributed by atoms with Crippen LogP contribution >= 0.6 is 0 Å². The first-order valence-corrected chi connectivity index (χ1v) is 3.67. The molecule has 0 aromatic carbocycles. The van der Waals surface area contributed by atoms with Crippen molar-refractivity contribution in [3.63, 3.8) is 0 Å². The Morgan fingerprint density at radius 3 is 2.45 bits per heavy atom. The first-order valence-electron chi connectivity index (χ1n) is 3.67. The normalized spacial score (nSPS) is 7.82. The topological polar surface area (TPSA) is 17.8 Å². The van der Waals surface area contributed by atoms with Gasteiger partial charge in [-0.05, 0) is 12.1 Å². The molecule has 1 aromatic heterocycles. The van der Waals surface area contributed by atoms with Crippen LogP contribution in [0.15, 0.2) is 25.4 Å². The summed E-state index contributed by atoms with van der Waals surface area (Å²) in [6.07, 6.45) is 5.07. The lowest BCUT2D eigenvalue weighted by atomic mass is 10.4. The van der Waals surface area contributed by atoms with Crippen molar-refractivity contribution in [2.24, 2.45) is 0 Å². The van der Waals surface area contributed by atoms with Crippen molar-refractivity contribution >= 4 is 12.3 Å². The van der Waals surface area contributed by atoms with Gasteiger partial charge in [-0.3, -0.25) is 0 Å². The van der Waals surface area contributed by atoms with Gasteiger partial charge in [-0.2, -0.15) is 5.10 Å². The Balaban J connectivity index is 0.000000461. The fraction of sp³-hybridized carbons (Fsp3) is 0.222. The zero-order valence-electron chi connectivity index (χ0n) is 7.12. The molecule has 0 aliphatic rings. The molecule has 0 atom stereocenters. The third-order valence-corrected chi connectivity index (χ3v) is 1.08. The van der Waals surface area contributed by atoms with E-state index in [1.54, 1.807) is 23.2 Å². The summed E-state index contributed by atoms with van der Waals surface area (Å²) in [7, 11) is 0. The first-order chi connectivity index (χ1) is 5.38. The maximum Gasteiger partial charge on any atom is 0.0655 e.